The Bertz CT molecular complexity index is 572. The smallest absolute Gasteiger partial charge is 0.230 e. The van der Waals surface area contributed by atoms with Crippen LogP contribution in [0.15, 0.2) is 35.2 Å². The summed E-state index contributed by atoms with van der Waals surface area (Å²) in [4.78, 5) is 16.1. The zero-order valence-electron chi connectivity index (χ0n) is 12.2. The second kappa shape index (κ2) is 6.45. The van der Waals surface area contributed by atoms with Crippen LogP contribution in [0, 0.1) is 5.92 Å². The van der Waals surface area contributed by atoms with E-state index in [0.29, 0.717) is 10.3 Å². The molecular formula is C17H20ClNOS. The lowest BCUT2D eigenvalue weighted by Gasteiger charge is -2.28. The molecule has 21 heavy (non-hydrogen) atoms. The first-order chi connectivity index (χ1) is 10.1. The van der Waals surface area contributed by atoms with Crippen molar-refractivity contribution in [2.75, 3.05) is 11.4 Å². The van der Waals surface area contributed by atoms with Gasteiger partial charge in [-0.25, -0.2) is 0 Å². The molecule has 0 bridgehead atoms. The number of nitrogens with zero attached hydrogens (tertiary/aromatic N) is 1. The standard InChI is InChI=1S/C17H20ClNOS/c1-12-9-10-19(17(20)13-5-3-2-4-6-13)15-11-14(18)7-8-16(15)21-12/h2-3,7-8,11-13H,4-6,9-10H2,1H3. The summed E-state index contributed by atoms with van der Waals surface area (Å²) in [5, 5.41) is 1.22. The van der Waals surface area contributed by atoms with Crippen LogP contribution >= 0.6 is 23.4 Å². The average molecular weight is 322 g/mol. The molecule has 0 aromatic heterocycles. The fraction of sp³-hybridized carbons (Fsp3) is 0.471. The highest BCUT2D eigenvalue weighted by molar-refractivity contribution is 8.00. The lowest BCUT2D eigenvalue weighted by molar-refractivity contribution is -0.122. The summed E-state index contributed by atoms with van der Waals surface area (Å²) in [6.07, 6.45) is 8.18. The first kappa shape index (κ1) is 15.0. The Kier molecular flexibility index (Phi) is 4.60. The first-order valence-electron chi connectivity index (χ1n) is 7.58. The molecule has 2 unspecified atom stereocenters. The number of hydrogen-bond acceptors (Lipinski definition) is 2. The van der Waals surface area contributed by atoms with Crippen LogP contribution in [0.5, 0.6) is 0 Å². The predicted molar refractivity (Wildman–Crippen MR) is 90.2 cm³/mol. The van der Waals surface area contributed by atoms with Gasteiger partial charge in [-0.2, -0.15) is 0 Å². The van der Waals surface area contributed by atoms with Gasteiger partial charge in [-0.1, -0.05) is 30.7 Å². The fourth-order valence-corrected chi connectivity index (χ4v) is 4.23. The van der Waals surface area contributed by atoms with E-state index < -0.39 is 0 Å². The van der Waals surface area contributed by atoms with E-state index in [-0.39, 0.29) is 11.8 Å². The van der Waals surface area contributed by atoms with Crippen molar-refractivity contribution in [2.24, 2.45) is 5.92 Å². The van der Waals surface area contributed by atoms with Gasteiger partial charge in [-0.3, -0.25) is 4.79 Å². The topological polar surface area (TPSA) is 20.3 Å². The summed E-state index contributed by atoms with van der Waals surface area (Å²) in [7, 11) is 0. The molecule has 4 heteroatoms. The molecule has 0 radical (unpaired) electrons. The number of allylic oxidation sites excluding steroid dienone is 2. The summed E-state index contributed by atoms with van der Waals surface area (Å²) in [5.74, 6) is 0.387. The van der Waals surface area contributed by atoms with E-state index in [1.54, 1.807) is 0 Å². The van der Waals surface area contributed by atoms with Crippen LogP contribution in [0.25, 0.3) is 0 Å². The van der Waals surface area contributed by atoms with Crippen LogP contribution in [0.2, 0.25) is 5.02 Å². The number of halogens is 1. The number of fused-ring (bicyclic) bond motifs is 1. The maximum Gasteiger partial charge on any atom is 0.230 e. The molecule has 2 aliphatic rings. The Labute approximate surface area is 135 Å². The van der Waals surface area contributed by atoms with Gasteiger partial charge in [0.05, 0.1) is 5.69 Å². The summed E-state index contributed by atoms with van der Waals surface area (Å²) < 4.78 is 0. The van der Waals surface area contributed by atoms with Crippen molar-refractivity contribution in [3.8, 4) is 0 Å². The van der Waals surface area contributed by atoms with Crippen molar-refractivity contribution >= 4 is 35.0 Å². The highest BCUT2D eigenvalue weighted by Crippen LogP contribution is 2.40. The van der Waals surface area contributed by atoms with Crippen LogP contribution < -0.4 is 4.90 Å². The van der Waals surface area contributed by atoms with Crippen LogP contribution in [0.3, 0.4) is 0 Å². The number of rotatable bonds is 1. The first-order valence-corrected chi connectivity index (χ1v) is 8.83. The van der Waals surface area contributed by atoms with Gasteiger partial charge in [-0.05, 0) is 43.9 Å². The molecule has 0 N–H and O–H groups in total. The number of hydrogen-bond donors (Lipinski definition) is 0. The molecule has 3 rings (SSSR count). The van der Waals surface area contributed by atoms with E-state index in [0.717, 1.165) is 37.9 Å². The molecule has 112 valence electrons. The highest BCUT2D eigenvalue weighted by Gasteiger charge is 2.29. The molecule has 1 aromatic carbocycles. The number of thioether (sulfide) groups is 1. The minimum Gasteiger partial charge on any atom is -0.311 e. The van der Waals surface area contributed by atoms with Crippen LogP contribution in [-0.2, 0) is 4.79 Å². The fourth-order valence-electron chi connectivity index (χ4n) is 2.98. The van der Waals surface area contributed by atoms with Gasteiger partial charge in [0.25, 0.3) is 0 Å². The second-order valence-corrected chi connectivity index (χ2v) is 7.72. The second-order valence-electron chi connectivity index (χ2n) is 5.80. The van der Waals surface area contributed by atoms with Gasteiger partial charge in [0.15, 0.2) is 0 Å². The molecule has 0 saturated carbocycles. The van der Waals surface area contributed by atoms with Crippen LogP contribution in [0.4, 0.5) is 5.69 Å². The van der Waals surface area contributed by atoms with Gasteiger partial charge < -0.3 is 4.90 Å². The van der Waals surface area contributed by atoms with Crippen LogP contribution in [-0.4, -0.2) is 17.7 Å². The van der Waals surface area contributed by atoms with Crippen molar-refractivity contribution in [1.82, 2.24) is 0 Å². The van der Waals surface area contributed by atoms with Crippen molar-refractivity contribution in [3.63, 3.8) is 0 Å². The van der Waals surface area contributed by atoms with E-state index in [4.69, 9.17) is 11.6 Å². The van der Waals surface area contributed by atoms with E-state index in [1.165, 1.54) is 4.90 Å². The van der Waals surface area contributed by atoms with Gasteiger partial charge >= 0.3 is 0 Å². The molecule has 1 aliphatic carbocycles. The zero-order chi connectivity index (χ0) is 14.8. The summed E-state index contributed by atoms with van der Waals surface area (Å²) in [6, 6.07) is 5.90. The molecular weight excluding hydrogens is 302 g/mol. The summed E-state index contributed by atoms with van der Waals surface area (Å²) in [6.45, 7) is 3.01. The molecule has 1 aliphatic heterocycles. The third kappa shape index (κ3) is 3.29. The average Bonchev–Trinajstić information content (AvgIpc) is 2.66. The maximum absolute atomic E-state index is 12.9. The van der Waals surface area contributed by atoms with E-state index in [1.807, 2.05) is 34.9 Å². The Morgan fingerprint density at radius 1 is 1.33 bits per heavy atom. The minimum absolute atomic E-state index is 0.125. The number of carbonyl (C=O) groups excluding carboxylic acids is 1. The zero-order valence-corrected chi connectivity index (χ0v) is 13.8. The third-order valence-electron chi connectivity index (χ3n) is 4.18. The molecule has 0 fully saturated rings. The normalized spacial score (nSPS) is 25.3. The van der Waals surface area contributed by atoms with Gasteiger partial charge in [-0.15, -0.1) is 11.8 Å². The van der Waals surface area contributed by atoms with Crippen molar-refractivity contribution < 1.29 is 4.79 Å². The van der Waals surface area contributed by atoms with Gasteiger partial charge in [0.1, 0.15) is 0 Å². The predicted octanol–water partition coefficient (Wildman–Crippen LogP) is 4.91. The Morgan fingerprint density at radius 3 is 2.95 bits per heavy atom. The third-order valence-corrected chi connectivity index (χ3v) is 5.66. The van der Waals surface area contributed by atoms with Gasteiger partial charge in [0.2, 0.25) is 5.91 Å². The molecule has 0 spiro atoms. The van der Waals surface area contributed by atoms with E-state index >= 15 is 0 Å². The lowest BCUT2D eigenvalue weighted by Crippen LogP contribution is -2.37. The van der Waals surface area contributed by atoms with E-state index in [2.05, 4.69) is 19.1 Å². The Hall–Kier alpha value is -0.930. The molecule has 2 nitrogen and oxygen atoms in total. The lowest BCUT2D eigenvalue weighted by atomic mass is 9.93. The monoisotopic (exact) mass is 321 g/mol. The Morgan fingerprint density at radius 2 is 2.19 bits per heavy atom. The largest absolute Gasteiger partial charge is 0.311 e. The van der Waals surface area contributed by atoms with Crippen molar-refractivity contribution in [1.29, 1.82) is 0 Å². The summed E-state index contributed by atoms with van der Waals surface area (Å²) >= 11 is 8.01. The van der Waals surface area contributed by atoms with Crippen LogP contribution in [0.1, 0.15) is 32.6 Å². The molecule has 2 atom stereocenters. The minimum atomic E-state index is 0.125. The van der Waals surface area contributed by atoms with Gasteiger partial charge in [0, 0.05) is 27.6 Å². The Balaban J connectivity index is 1.92. The molecule has 1 heterocycles. The van der Waals surface area contributed by atoms with Crippen molar-refractivity contribution in [3.05, 3.63) is 35.4 Å². The number of amides is 1. The number of anilines is 1. The highest BCUT2D eigenvalue weighted by atomic mass is 35.5. The quantitative estimate of drug-likeness (QED) is 0.685. The van der Waals surface area contributed by atoms with Crippen molar-refractivity contribution in [2.45, 2.75) is 42.8 Å². The molecule has 1 aromatic rings. The molecule has 0 saturated heterocycles. The summed E-state index contributed by atoms with van der Waals surface area (Å²) in [5.41, 5.74) is 0.997. The maximum atomic E-state index is 12.9. The number of carbonyl (C=O) groups is 1. The SMILES string of the molecule is CC1CCN(C(=O)C2CC=CCC2)c2cc(Cl)ccc2S1. The van der Waals surface area contributed by atoms with E-state index in [9.17, 15) is 4.79 Å². The number of benzene rings is 1. The molecule has 1 amide bonds.